The van der Waals surface area contributed by atoms with Gasteiger partial charge in [0.05, 0.1) is 0 Å². The van der Waals surface area contributed by atoms with Crippen LogP contribution in [0, 0.1) is 0 Å². The van der Waals surface area contributed by atoms with E-state index in [9.17, 15) is 4.79 Å². The molecule has 4 nitrogen and oxygen atoms in total. The maximum atomic E-state index is 12.5. The van der Waals surface area contributed by atoms with Crippen molar-refractivity contribution < 1.29 is 4.79 Å². The molecule has 1 aliphatic rings. The number of amides is 1. The summed E-state index contributed by atoms with van der Waals surface area (Å²) in [6.45, 7) is 6.61. The number of carbonyl (C=O) groups is 1. The zero-order chi connectivity index (χ0) is 16.8. The van der Waals surface area contributed by atoms with Crippen LogP contribution in [0.2, 0.25) is 0 Å². The first-order valence-corrected chi connectivity index (χ1v) is 8.66. The number of pyridine rings is 1. The zero-order valence-electron chi connectivity index (χ0n) is 14.3. The molecular formula is C20H25N3O. The Morgan fingerprint density at radius 1 is 1.08 bits per heavy atom. The molecule has 0 saturated carbocycles. The number of aromatic nitrogens is 1. The number of rotatable bonds is 5. The second kappa shape index (κ2) is 8.06. The monoisotopic (exact) mass is 323 g/mol. The van der Waals surface area contributed by atoms with Gasteiger partial charge in [-0.25, -0.2) is 0 Å². The van der Waals surface area contributed by atoms with Crippen LogP contribution < -0.4 is 0 Å². The van der Waals surface area contributed by atoms with Gasteiger partial charge in [-0.1, -0.05) is 43.3 Å². The molecule has 1 fully saturated rings. The van der Waals surface area contributed by atoms with Crippen molar-refractivity contribution in [1.82, 2.24) is 14.8 Å². The Balaban J connectivity index is 1.47. The van der Waals surface area contributed by atoms with Crippen LogP contribution in [0.4, 0.5) is 0 Å². The van der Waals surface area contributed by atoms with E-state index in [2.05, 4.69) is 41.1 Å². The Labute approximate surface area is 144 Å². The lowest BCUT2D eigenvalue weighted by atomic mass is 9.99. The quantitative estimate of drug-likeness (QED) is 0.849. The highest BCUT2D eigenvalue weighted by molar-refractivity contribution is 5.77. The van der Waals surface area contributed by atoms with E-state index in [0.717, 1.165) is 38.3 Å². The number of benzene rings is 1. The van der Waals surface area contributed by atoms with Gasteiger partial charge >= 0.3 is 0 Å². The van der Waals surface area contributed by atoms with Gasteiger partial charge < -0.3 is 4.90 Å². The number of piperazine rings is 1. The van der Waals surface area contributed by atoms with Crippen LogP contribution in [-0.4, -0.2) is 46.9 Å². The average molecular weight is 323 g/mol. The normalized spacial score (nSPS) is 16.8. The molecule has 1 unspecified atom stereocenters. The zero-order valence-corrected chi connectivity index (χ0v) is 14.3. The molecule has 126 valence electrons. The van der Waals surface area contributed by atoms with Gasteiger partial charge in [0.1, 0.15) is 0 Å². The van der Waals surface area contributed by atoms with Crippen LogP contribution in [0.3, 0.4) is 0 Å². The number of nitrogens with zero attached hydrogens (tertiary/aromatic N) is 3. The predicted octanol–water partition coefficient (Wildman–Crippen LogP) is 2.92. The fraction of sp³-hybridized carbons (Fsp3) is 0.400. The van der Waals surface area contributed by atoms with Crippen molar-refractivity contribution in [3.63, 3.8) is 0 Å². The van der Waals surface area contributed by atoms with Crippen LogP contribution in [0.5, 0.6) is 0 Å². The number of hydrogen-bond donors (Lipinski definition) is 0. The van der Waals surface area contributed by atoms with Crippen molar-refractivity contribution in [1.29, 1.82) is 0 Å². The maximum Gasteiger partial charge on any atom is 0.223 e. The Bertz CT molecular complexity index is 636. The Morgan fingerprint density at radius 3 is 2.50 bits per heavy atom. The molecule has 0 radical (unpaired) electrons. The van der Waals surface area contributed by atoms with E-state index in [1.807, 2.05) is 29.3 Å². The topological polar surface area (TPSA) is 36.4 Å². The average Bonchev–Trinajstić information content (AvgIpc) is 2.64. The minimum Gasteiger partial charge on any atom is -0.340 e. The van der Waals surface area contributed by atoms with E-state index in [0.29, 0.717) is 6.42 Å². The first-order chi connectivity index (χ1) is 11.7. The molecule has 2 heterocycles. The van der Waals surface area contributed by atoms with E-state index in [4.69, 9.17) is 0 Å². The smallest absolute Gasteiger partial charge is 0.223 e. The van der Waals surface area contributed by atoms with Crippen molar-refractivity contribution in [2.75, 3.05) is 26.2 Å². The number of carbonyl (C=O) groups excluding carboxylic acids is 1. The first-order valence-electron chi connectivity index (χ1n) is 8.66. The summed E-state index contributed by atoms with van der Waals surface area (Å²) < 4.78 is 0. The van der Waals surface area contributed by atoms with E-state index >= 15 is 0 Å². The molecule has 2 aromatic rings. The summed E-state index contributed by atoms with van der Waals surface area (Å²) >= 11 is 0. The highest BCUT2D eigenvalue weighted by Crippen LogP contribution is 2.19. The summed E-state index contributed by atoms with van der Waals surface area (Å²) in [4.78, 5) is 21.1. The molecule has 4 heteroatoms. The van der Waals surface area contributed by atoms with Gasteiger partial charge in [-0.3, -0.25) is 14.7 Å². The molecule has 1 aromatic carbocycles. The Kier molecular flexibility index (Phi) is 5.59. The van der Waals surface area contributed by atoms with Crippen LogP contribution in [0.25, 0.3) is 0 Å². The highest BCUT2D eigenvalue weighted by Gasteiger charge is 2.22. The standard InChI is InChI=1S/C20H25N3O/c1-17(19-8-5-9-21-15-19)14-20(24)23-12-10-22(11-13-23)16-18-6-3-2-4-7-18/h2-9,15,17H,10-14,16H2,1H3. The van der Waals surface area contributed by atoms with E-state index in [-0.39, 0.29) is 11.8 Å². The SMILES string of the molecule is CC(CC(=O)N1CCN(Cc2ccccc2)CC1)c1cccnc1. The predicted molar refractivity (Wildman–Crippen MR) is 95.6 cm³/mol. The van der Waals surface area contributed by atoms with Crippen LogP contribution in [0.1, 0.15) is 30.4 Å². The summed E-state index contributed by atoms with van der Waals surface area (Å²) in [5, 5.41) is 0. The third-order valence-corrected chi connectivity index (χ3v) is 4.71. The third kappa shape index (κ3) is 4.42. The molecule has 1 aliphatic heterocycles. The van der Waals surface area contributed by atoms with Gasteiger partial charge in [0, 0.05) is 51.5 Å². The minimum absolute atomic E-state index is 0.216. The molecule has 1 atom stereocenters. The van der Waals surface area contributed by atoms with Gasteiger partial charge in [-0.2, -0.15) is 0 Å². The minimum atomic E-state index is 0.216. The van der Waals surface area contributed by atoms with Gasteiger partial charge in [0.15, 0.2) is 0 Å². The lowest BCUT2D eigenvalue weighted by Gasteiger charge is -2.35. The van der Waals surface area contributed by atoms with Crippen molar-refractivity contribution in [3.05, 3.63) is 66.0 Å². The fourth-order valence-corrected chi connectivity index (χ4v) is 3.17. The fourth-order valence-electron chi connectivity index (χ4n) is 3.17. The van der Waals surface area contributed by atoms with Crippen molar-refractivity contribution >= 4 is 5.91 Å². The van der Waals surface area contributed by atoms with Gasteiger partial charge in [0.25, 0.3) is 0 Å². The van der Waals surface area contributed by atoms with Crippen molar-refractivity contribution in [2.45, 2.75) is 25.8 Å². The second-order valence-corrected chi connectivity index (χ2v) is 6.53. The molecule has 0 N–H and O–H groups in total. The molecule has 0 bridgehead atoms. The largest absolute Gasteiger partial charge is 0.340 e. The third-order valence-electron chi connectivity index (χ3n) is 4.71. The van der Waals surface area contributed by atoms with Crippen molar-refractivity contribution in [3.8, 4) is 0 Å². The summed E-state index contributed by atoms with van der Waals surface area (Å²) in [7, 11) is 0. The van der Waals surface area contributed by atoms with Crippen molar-refractivity contribution in [2.24, 2.45) is 0 Å². The Morgan fingerprint density at radius 2 is 1.83 bits per heavy atom. The first kappa shape index (κ1) is 16.7. The molecule has 3 rings (SSSR count). The number of hydrogen-bond acceptors (Lipinski definition) is 3. The van der Waals surface area contributed by atoms with Crippen LogP contribution >= 0.6 is 0 Å². The van der Waals surface area contributed by atoms with Gasteiger partial charge in [-0.05, 0) is 23.1 Å². The molecule has 1 saturated heterocycles. The molecule has 24 heavy (non-hydrogen) atoms. The summed E-state index contributed by atoms with van der Waals surface area (Å²) in [5.74, 6) is 0.472. The Hall–Kier alpha value is -2.20. The maximum absolute atomic E-state index is 12.5. The molecule has 0 aliphatic carbocycles. The molecule has 1 aromatic heterocycles. The second-order valence-electron chi connectivity index (χ2n) is 6.53. The lowest BCUT2D eigenvalue weighted by molar-refractivity contribution is -0.133. The summed E-state index contributed by atoms with van der Waals surface area (Å²) in [6, 6.07) is 14.5. The van der Waals surface area contributed by atoms with E-state index in [1.165, 1.54) is 5.56 Å². The summed E-state index contributed by atoms with van der Waals surface area (Å²) in [5.41, 5.74) is 2.47. The van der Waals surface area contributed by atoms with E-state index in [1.54, 1.807) is 6.20 Å². The lowest BCUT2D eigenvalue weighted by Crippen LogP contribution is -2.48. The molecule has 1 amide bonds. The van der Waals surface area contributed by atoms with Crippen LogP contribution in [0.15, 0.2) is 54.9 Å². The molecule has 0 spiro atoms. The summed E-state index contributed by atoms with van der Waals surface area (Å²) in [6.07, 6.45) is 4.18. The molecular weight excluding hydrogens is 298 g/mol. The highest BCUT2D eigenvalue weighted by atomic mass is 16.2. The van der Waals surface area contributed by atoms with Gasteiger partial charge in [-0.15, -0.1) is 0 Å². The van der Waals surface area contributed by atoms with Gasteiger partial charge in [0.2, 0.25) is 5.91 Å². The van der Waals surface area contributed by atoms with Crippen LogP contribution in [-0.2, 0) is 11.3 Å². The van der Waals surface area contributed by atoms with E-state index < -0.39 is 0 Å².